The molecule has 2 aliphatic heterocycles. The molecule has 40 heavy (non-hydrogen) atoms. The van der Waals surface area contributed by atoms with E-state index < -0.39 is 6.10 Å². The number of carboxylic acid groups (broad SMARTS) is 1. The van der Waals surface area contributed by atoms with Crippen molar-refractivity contribution in [1.82, 2.24) is 9.88 Å². The lowest BCUT2D eigenvalue weighted by Crippen LogP contribution is -2.36. The van der Waals surface area contributed by atoms with E-state index in [-0.39, 0.29) is 12.5 Å². The highest BCUT2D eigenvalue weighted by Gasteiger charge is 2.32. The number of β-amino-alcohol motifs (C(OH)–C–C–N with tert-alkyl or cyclic N) is 1. The highest BCUT2D eigenvalue weighted by Crippen LogP contribution is 2.41. The average molecular weight is 583 g/mol. The zero-order valence-corrected chi connectivity index (χ0v) is 23.6. The van der Waals surface area contributed by atoms with Crippen molar-refractivity contribution in [1.29, 1.82) is 0 Å². The van der Waals surface area contributed by atoms with Crippen molar-refractivity contribution < 1.29 is 19.7 Å². The van der Waals surface area contributed by atoms with Crippen LogP contribution in [0, 0.1) is 0 Å². The molecule has 0 aliphatic carbocycles. The molecule has 4 aromatic rings. The van der Waals surface area contributed by atoms with Crippen LogP contribution in [0.25, 0.3) is 10.9 Å². The Morgan fingerprint density at radius 2 is 1.65 bits per heavy atom. The minimum absolute atomic E-state index is 0.00547. The number of aliphatic hydroxyl groups excluding tert-OH is 1. The molecule has 210 valence electrons. The van der Waals surface area contributed by atoms with E-state index in [0.717, 1.165) is 53.1 Å². The number of nitrogens with one attached hydrogen (secondary N) is 1. The maximum absolute atomic E-state index is 10.4. The summed E-state index contributed by atoms with van der Waals surface area (Å²) in [5, 5.41) is 20.0. The quantitative estimate of drug-likeness (QED) is 0.226. The Kier molecular flexibility index (Phi) is 9.17. The first-order valence-corrected chi connectivity index (χ1v) is 14.3. The Labute approximate surface area is 243 Å². The highest BCUT2D eigenvalue weighted by molar-refractivity contribution is 6.31. The van der Waals surface area contributed by atoms with Gasteiger partial charge in [-0.2, -0.15) is 0 Å². The number of H-pyrrole nitrogens is 1. The first kappa shape index (κ1) is 28.3. The first-order chi connectivity index (χ1) is 19.5. The summed E-state index contributed by atoms with van der Waals surface area (Å²) in [6.07, 6.45) is 2.87. The van der Waals surface area contributed by atoms with Crippen LogP contribution in [-0.2, 0) is 11.2 Å². The number of hydrogen-bond donors (Lipinski definition) is 3. The predicted molar refractivity (Wildman–Crippen MR) is 160 cm³/mol. The van der Waals surface area contributed by atoms with Gasteiger partial charge in [-0.25, -0.2) is 0 Å². The molecule has 0 saturated carbocycles. The largest absolute Gasteiger partial charge is 0.491 e. The summed E-state index contributed by atoms with van der Waals surface area (Å²) in [6.45, 7) is 3.73. The summed E-state index contributed by atoms with van der Waals surface area (Å²) in [5.41, 5.74) is 5.90. The van der Waals surface area contributed by atoms with Gasteiger partial charge in [-0.05, 0) is 98.1 Å². The van der Waals surface area contributed by atoms with E-state index in [2.05, 4.69) is 51.2 Å². The van der Waals surface area contributed by atoms with E-state index in [4.69, 9.17) is 37.8 Å². The number of hydrogen-bond acceptors (Lipinski definition) is 5. The van der Waals surface area contributed by atoms with E-state index in [9.17, 15) is 5.11 Å². The topological polar surface area (TPSA) is 89.0 Å². The molecule has 2 unspecified atom stereocenters. The Bertz CT molecular complexity index is 1420. The molecule has 0 spiro atoms. The number of likely N-dealkylation sites (tertiary alicyclic amines) is 1. The lowest BCUT2D eigenvalue weighted by molar-refractivity contribution is -0.122. The molecule has 0 amide bonds. The van der Waals surface area contributed by atoms with Crippen LogP contribution in [0.3, 0.4) is 0 Å². The number of anilines is 1. The minimum atomic E-state index is -0.489. The third-order valence-electron chi connectivity index (χ3n) is 7.55. The molecule has 7 nitrogen and oxygen atoms in total. The van der Waals surface area contributed by atoms with Gasteiger partial charge >= 0.3 is 0 Å². The maximum Gasteiger partial charge on any atom is 0.290 e. The fraction of sp³-hybridized carbons (Fsp3) is 0.323. The fourth-order valence-corrected chi connectivity index (χ4v) is 6.07. The summed E-state index contributed by atoms with van der Waals surface area (Å²) >= 11 is 12.6. The van der Waals surface area contributed by atoms with Crippen molar-refractivity contribution in [3.05, 3.63) is 93.6 Å². The Morgan fingerprint density at radius 1 is 0.975 bits per heavy atom. The molecule has 3 N–H and O–H groups in total. The summed E-state index contributed by atoms with van der Waals surface area (Å²) in [6, 6.07) is 22.4. The fourth-order valence-electron chi connectivity index (χ4n) is 5.77. The molecular weight excluding hydrogens is 549 g/mol. The maximum atomic E-state index is 10.4. The van der Waals surface area contributed by atoms with Crippen LogP contribution in [-0.4, -0.2) is 65.5 Å². The number of carbonyl (C=O) groups is 1. The van der Waals surface area contributed by atoms with Crippen molar-refractivity contribution in [2.45, 2.75) is 31.4 Å². The molecule has 3 heterocycles. The van der Waals surface area contributed by atoms with Gasteiger partial charge in [0, 0.05) is 45.4 Å². The standard InChI is InChI=1S/C30H31Cl2N3O2.CH2O2/c31-21-5-8-23(9-6-21)35-16-13-26-27-17-22(32)7-12-28(27)33-29(26)30(35)20-3-10-25(11-4-20)37-19-24(36)18-34-14-1-2-15-34;2-1-3/h3-12,17,24,30,33,36H,1-2,13-16,18-19H2;1H,(H,2,3). The van der Waals surface area contributed by atoms with E-state index in [1.54, 1.807) is 0 Å². The summed E-state index contributed by atoms with van der Waals surface area (Å²) < 4.78 is 5.95. The van der Waals surface area contributed by atoms with Gasteiger partial charge in [-0.1, -0.05) is 35.3 Å². The van der Waals surface area contributed by atoms with E-state index in [1.807, 2.05) is 30.3 Å². The van der Waals surface area contributed by atoms with E-state index >= 15 is 0 Å². The second kappa shape index (κ2) is 13.0. The number of ether oxygens (including phenoxy) is 1. The second-order valence-electron chi connectivity index (χ2n) is 10.2. The molecule has 1 fully saturated rings. The Hall–Kier alpha value is -3.23. The van der Waals surface area contributed by atoms with E-state index in [0.29, 0.717) is 13.2 Å². The SMILES string of the molecule is O=CO.OC(COc1ccc(C2c3[nH]c4ccc(Cl)cc4c3CCN2c2ccc(Cl)cc2)cc1)CN1CCCC1. The lowest BCUT2D eigenvalue weighted by atomic mass is 9.91. The number of halogens is 2. The molecule has 6 rings (SSSR count). The highest BCUT2D eigenvalue weighted by atomic mass is 35.5. The third-order valence-corrected chi connectivity index (χ3v) is 8.04. The molecule has 1 aromatic heterocycles. The van der Waals surface area contributed by atoms with Gasteiger partial charge < -0.3 is 29.7 Å². The summed E-state index contributed by atoms with van der Waals surface area (Å²) in [5.74, 6) is 0.765. The van der Waals surface area contributed by atoms with Crippen molar-refractivity contribution in [3.8, 4) is 5.75 Å². The normalized spacial score (nSPS) is 17.7. The van der Waals surface area contributed by atoms with Crippen molar-refractivity contribution in [2.24, 2.45) is 0 Å². The molecule has 2 atom stereocenters. The second-order valence-corrected chi connectivity index (χ2v) is 11.0. The zero-order valence-electron chi connectivity index (χ0n) is 22.1. The number of fused-ring (bicyclic) bond motifs is 3. The van der Waals surface area contributed by atoms with Crippen LogP contribution >= 0.6 is 23.2 Å². The molecule has 1 saturated heterocycles. The number of aromatic nitrogens is 1. The van der Waals surface area contributed by atoms with Crippen LogP contribution in [0.1, 0.15) is 35.7 Å². The van der Waals surface area contributed by atoms with Crippen molar-refractivity contribution in [2.75, 3.05) is 37.7 Å². The molecule has 3 aromatic carbocycles. The van der Waals surface area contributed by atoms with Crippen molar-refractivity contribution in [3.63, 3.8) is 0 Å². The van der Waals surface area contributed by atoms with Gasteiger partial charge in [-0.3, -0.25) is 4.79 Å². The Morgan fingerprint density at radius 3 is 2.35 bits per heavy atom. The molecule has 2 aliphatic rings. The van der Waals surface area contributed by atoms with Crippen LogP contribution < -0.4 is 9.64 Å². The van der Waals surface area contributed by atoms with Gasteiger partial charge in [0.1, 0.15) is 18.5 Å². The molecule has 0 bridgehead atoms. The third kappa shape index (κ3) is 6.39. The number of aliphatic hydroxyl groups is 1. The number of aromatic amines is 1. The van der Waals surface area contributed by atoms with Gasteiger partial charge in [0.25, 0.3) is 6.47 Å². The van der Waals surface area contributed by atoms with Crippen molar-refractivity contribution >= 4 is 46.3 Å². The summed E-state index contributed by atoms with van der Waals surface area (Å²) in [7, 11) is 0. The molecule has 0 radical (unpaired) electrons. The van der Waals surface area contributed by atoms with Crippen LogP contribution in [0.2, 0.25) is 10.0 Å². The number of rotatable bonds is 7. The smallest absolute Gasteiger partial charge is 0.290 e. The van der Waals surface area contributed by atoms with E-state index in [1.165, 1.54) is 35.0 Å². The first-order valence-electron chi connectivity index (χ1n) is 13.5. The number of nitrogens with zero attached hydrogens (tertiary/aromatic N) is 2. The predicted octanol–water partition coefficient (Wildman–Crippen LogP) is 6.16. The molecular formula is C31H33Cl2N3O4. The van der Waals surface area contributed by atoms with Gasteiger partial charge in [0.2, 0.25) is 0 Å². The molecule has 9 heteroatoms. The van der Waals surface area contributed by atoms with Gasteiger partial charge in [-0.15, -0.1) is 0 Å². The zero-order chi connectivity index (χ0) is 28.1. The van der Waals surface area contributed by atoms with Crippen LogP contribution in [0.5, 0.6) is 5.75 Å². The minimum Gasteiger partial charge on any atom is -0.491 e. The Balaban J connectivity index is 0.00000103. The van der Waals surface area contributed by atoms with Crippen LogP contribution in [0.15, 0.2) is 66.7 Å². The average Bonchev–Trinajstić information content (AvgIpc) is 3.60. The van der Waals surface area contributed by atoms with Gasteiger partial charge in [0.15, 0.2) is 0 Å². The number of benzene rings is 3. The summed E-state index contributed by atoms with van der Waals surface area (Å²) in [4.78, 5) is 16.8. The lowest BCUT2D eigenvalue weighted by Gasteiger charge is -2.38. The van der Waals surface area contributed by atoms with Gasteiger partial charge in [0.05, 0.1) is 6.04 Å². The van der Waals surface area contributed by atoms with Crippen LogP contribution in [0.4, 0.5) is 5.69 Å². The monoisotopic (exact) mass is 581 g/mol.